The number of aromatic nitrogens is 3. The van der Waals surface area contributed by atoms with Crippen LogP contribution in [0.3, 0.4) is 0 Å². The highest BCUT2D eigenvalue weighted by molar-refractivity contribution is 7.93. The average molecular weight is 280 g/mol. The maximum atomic E-state index is 11.9. The molecular weight excluding hydrogens is 270 g/mol. The first kappa shape index (κ1) is 13.0. The normalized spacial score (nSPS) is 11.0. The third-order valence-electron chi connectivity index (χ3n) is 2.08. The van der Waals surface area contributed by atoms with Crippen molar-refractivity contribution in [3.63, 3.8) is 0 Å². The SMILES string of the molecule is CC(=O)Nc1ccc(S(=O)(=O)[N-]n2cnnc2)cc1. The molecule has 0 fully saturated rings. The Morgan fingerprint density at radius 3 is 2.32 bits per heavy atom. The Kier molecular flexibility index (Phi) is 3.47. The number of hydrogen-bond acceptors (Lipinski definition) is 5. The second-order valence-corrected chi connectivity index (χ2v) is 5.19. The van der Waals surface area contributed by atoms with E-state index in [-0.39, 0.29) is 10.8 Å². The molecule has 0 radical (unpaired) electrons. The summed E-state index contributed by atoms with van der Waals surface area (Å²) >= 11 is 0. The van der Waals surface area contributed by atoms with Gasteiger partial charge in [0.25, 0.3) is 0 Å². The topological polar surface area (TPSA) is 108 Å². The van der Waals surface area contributed by atoms with Crippen molar-refractivity contribution in [2.24, 2.45) is 0 Å². The molecular formula is C10H10N5O3S-. The van der Waals surface area contributed by atoms with Gasteiger partial charge < -0.3 is 14.8 Å². The Bertz CT molecular complexity index is 664. The molecule has 1 aromatic carbocycles. The summed E-state index contributed by atoms with van der Waals surface area (Å²) in [6.07, 6.45) is 2.34. The van der Waals surface area contributed by atoms with Crippen molar-refractivity contribution in [3.05, 3.63) is 41.8 Å². The molecule has 2 aromatic rings. The van der Waals surface area contributed by atoms with Crippen LogP contribution in [0.1, 0.15) is 6.92 Å². The molecule has 0 aliphatic rings. The van der Waals surface area contributed by atoms with Crippen molar-refractivity contribution >= 4 is 21.6 Å². The van der Waals surface area contributed by atoms with Gasteiger partial charge in [0.15, 0.2) is 0 Å². The molecule has 8 nitrogen and oxygen atoms in total. The Morgan fingerprint density at radius 2 is 1.79 bits per heavy atom. The van der Waals surface area contributed by atoms with Crippen molar-refractivity contribution in [1.82, 2.24) is 14.9 Å². The van der Waals surface area contributed by atoms with Crippen LogP contribution in [0.2, 0.25) is 0 Å². The number of sulfonamides is 1. The predicted octanol–water partition coefficient (Wildman–Crippen LogP) is 0.762. The molecule has 2 rings (SSSR count). The molecule has 0 atom stereocenters. The van der Waals surface area contributed by atoms with Crippen LogP contribution in [0.15, 0.2) is 41.8 Å². The molecule has 1 aromatic heterocycles. The quantitative estimate of drug-likeness (QED) is 0.889. The van der Waals surface area contributed by atoms with Gasteiger partial charge in [-0.2, -0.15) is 0 Å². The van der Waals surface area contributed by atoms with Crippen LogP contribution in [-0.2, 0) is 14.8 Å². The van der Waals surface area contributed by atoms with Crippen molar-refractivity contribution in [2.45, 2.75) is 11.8 Å². The van der Waals surface area contributed by atoms with Crippen molar-refractivity contribution < 1.29 is 13.2 Å². The molecule has 0 spiro atoms. The molecule has 1 amide bonds. The summed E-state index contributed by atoms with van der Waals surface area (Å²) in [7, 11) is -3.83. The van der Waals surface area contributed by atoms with E-state index in [2.05, 4.69) is 20.3 Å². The van der Waals surface area contributed by atoms with Gasteiger partial charge in [-0.3, -0.25) is 4.79 Å². The van der Waals surface area contributed by atoms with Crippen molar-refractivity contribution in [1.29, 1.82) is 0 Å². The zero-order valence-corrected chi connectivity index (χ0v) is 10.7. The molecule has 9 heteroatoms. The van der Waals surface area contributed by atoms with E-state index in [0.717, 1.165) is 4.68 Å². The molecule has 0 bridgehead atoms. The first-order valence-corrected chi connectivity index (χ1v) is 6.62. The number of anilines is 1. The lowest BCUT2D eigenvalue weighted by Gasteiger charge is -2.21. The third kappa shape index (κ3) is 3.28. The van der Waals surface area contributed by atoms with Gasteiger partial charge in [-0.1, -0.05) is 0 Å². The monoisotopic (exact) mass is 280 g/mol. The van der Waals surface area contributed by atoms with Crippen LogP contribution in [-0.4, -0.2) is 29.2 Å². The van der Waals surface area contributed by atoms with Gasteiger partial charge in [-0.25, -0.2) is 8.42 Å². The zero-order valence-electron chi connectivity index (χ0n) is 9.89. The third-order valence-corrected chi connectivity index (χ3v) is 3.35. The number of amides is 1. The van der Waals surface area contributed by atoms with Gasteiger partial charge in [0.1, 0.15) is 22.7 Å². The molecule has 0 saturated heterocycles. The van der Waals surface area contributed by atoms with Gasteiger partial charge >= 0.3 is 0 Å². The fraction of sp³-hybridized carbons (Fsp3) is 0.100. The molecule has 0 aliphatic heterocycles. The Labute approximate surface area is 109 Å². The molecule has 1 N–H and O–H groups in total. The first-order chi connectivity index (χ1) is 8.97. The summed E-state index contributed by atoms with van der Waals surface area (Å²) in [5.41, 5.74) is 0.510. The van der Waals surface area contributed by atoms with E-state index >= 15 is 0 Å². The van der Waals surface area contributed by atoms with Crippen LogP contribution in [0.5, 0.6) is 0 Å². The average Bonchev–Trinajstić information content (AvgIpc) is 2.81. The van der Waals surface area contributed by atoms with E-state index in [4.69, 9.17) is 0 Å². The maximum absolute atomic E-state index is 11.9. The highest BCUT2D eigenvalue weighted by Crippen LogP contribution is 2.19. The zero-order chi connectivity index (χ0) is 13.9. The largest absolute Gasteiger partial charge is 0.503 e. The van der Waals surface area contributed by atoms with Gasteiger partial charge in [0.05, 0.1) is 4.90 Å². The summed E-state index contributed by atoms with van der Waals surface area (Å²) in [5.74, 6) is -0.232. The van der Waals surface area contributed by atoms with Crippen LogP contribution in [0.25, 0.3) is 4.83 Å². The molecule has 1 heterocycles. The minimum Gasteiger partial charge on any atom is -0.503 e. The van der Waals surface area contributed by atoms with E-state index in [1.165, 1.54) is 43.8 Å². The highest BCUT2D eigenvalue weighted by Gasteiger charge is 2.05. The number of rotatable bonds is 4. The fourth-order valence-corrected chi connectivity index (χ4v) is 2.23. The van der Waals surface area contributed by atoms with Crippen LogP contribution < -0.4 is 5.32 Å². The number of nitrogens with zero attached hydrogens (tertiary/aromatic N) is 4. The number of carbonyl (C=O) groups excluding carboxylic acids is 1. The summed E-state index contributed by atoms with van der Waals surface area (Å²) in [6.45, 7) is 1.37. The molecule has 0 unspecified atom stereocenters. The molecule has 0 aliphatic carbocycles. The second kappa shape index (κ2) is 5.06. The number of hydrogen-bond donors (Lipinski definition) is 1. The Hall–Kier alpha value is -2.42. The van der Waals surface area contributed by atoms with E-state index in [1.54, 1.807) is 0 Å². The van der Waals surface area contributed by atoms with Gasteiger partial charge in [-0.05, 0) is 24.3 Å². The van der Waals surface area contributed by atoms with E-state index < -0.39 is 10.0 Å². The van der Waals surface area contributed by atoms with Gasteiger partial charge in [-0.15, -0.1) is 10.2 Å². The number of carbonyl (C=O) groups is 1. The lowest BCUT2D eigenvalue weighted by Crippen LogP contribution is -2.07. The number of nitrogens with one attached hydrogen (secondary N) is 1. The number of benzene rings is 1. The minimum atomic E-state index is -3.83. The molecule has 19 heavy (non-hydrogen) atoms. The van der Waals surface area contributed by atoms with E-state index in [1.807, 2.05) is 0 Å². The molecule has 0 saturated carbocycles. The molecule has 100 valence electrons. The Balaban J connectivity index is 2.19. The lowest BCUT2D eigenvalue weighted by atomic mass is 10.3. The standard InChI is InChI=1S/C10H10N5O3S/c1-8(16)13-9-2-4-10(5-3-9)19(17,18)14-15-6-11-12-7-15/h2-7H,1H3,(H,13,16)/q-1. The summed E-state index contributed by atoms with van der Waals surface area (Å²) in [6, 6.07) is 5.68. The van der Waals surface area contributed by atoms with E-state index in [0.29, 0.717) is 5.69 Å². The lowest BCUT2D eigenvalue weighted by molar-refractivity contribution is -0.114. The first-order valence-electron chi connectivity index (χ1n) is 5.18. The second-order valence-electron chi connectivity index (χ2n) is 3.60. The highest BCUT2D eigenvalue weighted by atomic mass is 32.2. The van der Waals surface area contributed by atoms with Crippen molar-refractivity contribution in [3.8, 4) is 0 Å². The summed E-state index contributed by atoms with van der Waals surface area (Å²) in [4.78, 5) is 14.3. The summed E-state index contributed by atoms with van der Waals surface area (Å²) < 4.78 is 24.8. The van der Waals surface area contributed by atoms with E-state index in [9.17, 15) is 13.2 Å². The van der Waals surface area contributed by atoms with Crippen LogP contribution in [0.4, 0.5) is 5.69 Å². The summed E-state index contributed by atoms with van der Waals surface area (Å²) in [5, 5.41) is 9.45. The Morgan fingerprint density at radius 1 is 1.21 bits per heavy atom. The smallest absolute Gasteiger partial charge is 0.221 e. The maximum Gasteiger partial charge on any atom is 0.221 e. The van der Waals surface area contributed by atoms with Crippen molar-refractivity contribution in [2.75, 3.05) is 5.32 Å². The van der Waals surface area contributed by atoms with Gasteiger partial charge in [0.2, 0.25) is 5.91 Å². The fourth-order valence-electron chi connectivity index (χ4n) is 1.32. The van der Waals surface area contributed by atoms with Gasteiger partial charge in [0, 0.05) is 12.6 Å². The minimum absolute atomic E-state index is 0.00954. The van der Waals surface area contributed by atoms with Crippen LogP contribution in [0, 0.1) is 0 Å². The van der Waals surface area contributed by atoms with Crippen LogP contribution >= 0.6 is 0 Å². The predicted molar refractivity (Wildman–Crippen MR) is 66.7 cm³/mol.